The van der Waals surface area contributed by atoms with Crippen LogP contribution in [0.15, 0.2) is 66.2 Å². The molecular formula is C32H33NO6S. The van der Waals surface area contributed by atoms with Crippen molar-refractivity contribution in [2.24, 2.45) is 0 Å². The number of hydrogen-bond donors (Lipinski definition) is 0. The van der Waals surface area contributed by atoms with Crippen LogP contribution in [-0.4, -0.2) is 37.6 Å². The van der Waals surface area contributed by atoms with E-state index in [-0.39, 0.29) is 0 Å². The third-order valence-electron chi connectivity index (χ3n) is 6.31. The van der Waals surface area contributed by atoms with E-state index in [2.05, 4.69) is 18.8 Å². The minimum atomic E-state index is -0.454. The number of para-hydroxylation sites is 1. The van der Waals surface area contributed by atoms with Crippen LogP contribution in [0.5, 0.6) is 23.0 Å². The van der Waals surface area contributed by atoms with Crippen LogP contribution in [-0.2, 0) is 17.6 Å². The number of aryl methyl sites for hydroxylation is 1. The Morgan fingerprint density at radius 3 is 2.40 bits per heavy atom. The van der Waals surface area contributed by atoms with E-state index in [1.54, 1.807) is 30.5 Å². The Hall–Kier alpha value is -4.17. The summed E-state index contributed by atoms with van der Waals surface area (Å²) in [6.45, 7) is 5.03. The molecule has 8 heteroatoms. The number of hydrogen-bond acceptors (Lipinski definition) is 8. The van der Waals surface area contributed by atoms with Gasteiger partial charge in [0.25, 0.3) is 0 Å². The van der Waals surface area contributed by atoms with Gasteiger partial charge in [0.15, 0.2) is 6.29 Å². The number of rotatable bonds is 14. The van der Waals surface area contributed by atoms with Gasteiger partial charge >= 0.3 is 5.97 Å². The van der Waals surface area contributed by atoms with Gasteiger partial charge in [0, 0.05) is 34.7 Å². The van der Waals surface area contributed by atoms with Crippen molar-refractivity contribution in [2.45, 2.75) is 39.5 Å². The first-order valence-corrected chi connectivity index (χ1v) is 14.2. The summed E-state index contributed by atoms with van der Waals surface area (Å²) in [5, 5.41) is 2.72. The van der Waals surface area contributed by atoms with Gasteiger partial charge in [-0.25, -0.2) is 9.78 Å². The Balaban J connectivity index is 1.42. The summed E-state index contributed by atoms with van der Waals surface area (Å²) in [5.74, 6) is 2.06. The average molecular weight is 560 g/mol. The molecule has 0 aliphatic carbocycles. The summed E-state index contributed by atoms with van der Waals surface area (Å²) >= 11 is 1.50. The fourth-order valence-electron chi connectivity index (χ4n) is 4.34. The molecule has 3 aromatic carbocycles. The van der Waals surface area contributed by atoms with E-state index in [4.69, 9.17) is 18.9 Å². The van der Waals surface area contributed by atoms with Crippen molar-refractivity contribution < 1.29 is 28.5 Å². The fourth-order valence-corrected chi connectivity index (χ4v) is 5.01. The highest BCUT2D eigenvalue weighted by Gasteiger charge is 2.17. The van der Waals surface area contributed by atoms with Crippen LogP contribution in [0.25, 0.3) is 10.6 Å². The summed E-state index contributed by atoms with van der Waals surface area (Å²) in [4.78, 5) is 28.3. The van der Waals surface area contributed by atoms with Gasteiger partial charge in [-0.1, -0.05) is 38.5 Å². The topological polar surface area (TPSA) is 84.0 Å². The van der Waals surface area contributed by atoms with E-state index in [1.807, 2.05) is 35.7 Å². The summed E-state index contributed by atoms with van der Waals surface area (Å²) in [6.07, 6.45) is 5.65. The normalized spacial score (nSPS) is 10.7. The van der Waals surface area contributed by atoms with Crippen LogP contribution >= 0.6 is 11.3 Å². The van der Waals surface area contributed by atoms with Crippen molar-refractivity contribution in [1.29, 1.82) is 0 Å². The van der Waals surface area contributed by atoms with Gasteiger partial charge in [-0.2, -0.15) is 0 Å². The highest BCUT2D eigenvalue weighted by molar-refractivity contribution is 7.13. The van der Waals surface area contributed by atoms with Gasteiger partial charge < -0.3 is 18.9 Å². The smallest absolute Gasteiger partial charge is 0.341 e. The van der Waals surface area contributed by atoms with Crippen molar-refractivity contribution in [3.63, 3.8) is 0 Å². The average Bonchev–Trinajstić information content (AvgIpc) is 3.53. The number of benzene rings is 3. The third kappa shape index (κ3) is 6.87. The fraction of sp³-hybridized carbons (Fsp3) is 0.281. The van der Waals surface area contributed by atoms with Gasteiger partial charge in [-0.3, -0.25) is 4.79 Å². The zero-order chi connectivity index (χ0) is 28.3. The highest BCUT2D eigenvalue weighted by atomic mass is 32.1. The SMILES string of the molecule is CCCc1c(OCCCOc2cc(C=O)c(-c3nccs3)cc2CC)cccc1Oc1ccccc1C(=O)OC. The third-order valence-corrected chi connectivity index (χ3v) is 7.12. The van der Waals surface area contributed by atoms with Crippen molar-refractivity contribution in [3.05, 3.63) is 88.4 Å². The second kappa shape index (κ2) is 14.3. The van der Waals surface area contributed by atoms with Crippen LogP contribution in [0.3, 0.4) is 0 Å². The molecule has 0 amide bonds. The van der Waals surface area contributed by atoms with E-state index < -0.39 is 5.97 Å². The maximum atomic E-state index is 12.2. The molecule has 0 aliphatic rings. The minimum Gasteiger partial charge on any atom is -0.493 e. The Labute approximate surface area is 238 Å². The molecule has 0 saturated carbocycles. The molecule has 0 unspecified atom stereocenters. The summed E-state index contributed by atoms with van der Waals surface area (Å²) < 4.78 is 23.3. The van der Waals surface area contributed by atoms with Gasteiger partial charge in [-0.15, -0.1) is 11.3 Å². The molecule has 0 saturated heterocycles. The number of aldehydes is 1. The molecule has 0 N–H and O–H groups in total. The number of esters is 1. The molecule has 0 atom stereocenters. The molecule has 40 heavy (non-hydrogen) atoms. The second-order valence-corrected chi connectivity index (χ2v) is 9.87. The molecule has 7 nitrogen and oxygen atoms in total. The predicted octanol–water partition coefficient (Wildman–Crippen LogP) is 7.56. The van der Waals surface area contributed by atoms with E-state index >= 15 is 0 Å². The lowest BCUT2D eigenvalue weighted by Crippen LogP contribution is -2.08. The van der Waals surface area contributed by atoms with Crippen molar-refractivity contribution in [2.75, 3.05) is 20.3 Å². The Bertz CT molecular complexity index is 1430. The molecule has 0 aliphatic heterocycles. The number of ether oxygens (including phenoxy) is 4. The van der Waals surface area contributed by atoms with Crippen LogP contribution in [0.2, 0.25) is 0 Å². The Morgan fingerprint density at radius 2 is 1.70 bits per heavy atom. The van der Waals surface area contributed by atoms with Crippen molar-refractivity contribution in [1.82, 2.24) is 4.98 Å². The standard InChI is InChI=1S/C32H33NO6S/c1-4-10-24-27(13-8-14-28(24)39-29-12-7-6-11-25(29)32(35)36-3)37-16-9-17-38-30-20-23(21-34)26(19-22(30)5-2)31-33-15-18-40-31/h6-8,11-15,18-21H,4-5,9-10,16-17H2,1-3H3. The number of carbonyl (C=O) groups excluding carboxylic acids is 2. The molecule has 0 radical (unpaired) electrons. The second-order valence-electron chi connectivity index (χ2n) is 8.98. The lowest BCUT2D eigenvalue weighted by molar-refractivity contribution is 0.0597. The zero-order valence-electron chi connectivity index (χ0n) is 23.0. The first kappa shape index (κ1) is 28.8. The summed E-state index contributed by atoms with van der Waals surface area (Å²) in [5.41, 5.74) is 3.72. The van der Waals surface area contributed by atoms with Gasteiger partial charge in [0.1, 0.15) is 33.6 Å². The number of methoxy groups -OCH3 is 1. The number of carbonyl (C=O) groups is 2. The van der Waals surface area contributed by atoms with E-state index in [1.165, 1.54) is 18.4 Å². The zero-order valence-corrected chi connectivity index (χ0v) is 23.8. The molecule has 0 bridgehead atoms. The maximum absolute atomic E-state index is 12.2. The molecule has 4 rings (SSSR count). The Kier molecular flexibility index (Phi) is 10.3. The number of thiazole rings is 1. The van der Waals surface area contributed by atoms with E-state index in [9.17, 15) is 9.59 Å². The van der Waals surface area contributed by atoms with E-state index in [0.29, 0.717) is 48.0 Å². The maximum Gasteiger partial charge on any atom is 0.341 e. The minimum absolute atomic E-state index is 0.361. The largest absolute Gasteiger partial charge is 0.493 e. The summed E-state index contributed by atoms with van der Waals surface area (Å²) in [6, 6.07) is 16.5. The first-order chi connectivity index (χ1) is 19.6. The molecule has 208 valence electrons. The molecule has 0 spiro atoms. The first-order valence-electron chi connectivity index (χ1n) is 13.3. The predicted molar refractivity (Wildman–Crippen MR) is 156 cm³/mol. The molecule has 4 aromatic rings. The lowest BCUT2D eigenvalue weighted by atomic mass is 10.0. The van der Waals surface area contributed by atoms with E-state index in [0.717, 1.165) is 53.0 Å². The lowest BCUT2D eigenvalue weighted by Gasteiger charge is -2.17. The molecule has 1 aromatic heterocycles. The van der Waals surface area contributed by atoms with Crippen LogP contribution in [0.1, 0.15) is 58.5 Å². The summed E-state index contributed by atoms with van der Waals surface area (Å²) in [7, 11) is 1.35. The van der Waals surface area contributed by atoms with Gasteiger partial charge in [-0.05, 0) is 54.8 Å². The Morgan fingerprint density at radius 1 is 0.950 bits per heavy atom. The van der Waals surface area contributed by atoms with Gasteiger partial charge in [0.2, 0.25) is 0 Å². The molecule has 0 fully saturated rings. The monoisotopic (exact) mass is 559 g/mol. The van der Waals surface area contributed by atoms with Crippen molar-refractivity contribution in [3.8, 4) is 33.6 Å². The van der Waals surface area contributed by atoms with Crippen LogP contribution < -0.4 is 14.2 Å². The van der Waals surface area contributed by atoms with Gasteiger partial charge in [0.05, 0.1) is 20.3 Å². The molecular weight excluding hydrogens is 526 g/mol. The van der Waals surface area contributed by atoms with Crippen LogP contribution in [0, 0.1) is 0 Å². The molecule has 1 heterocycles. The highest BCUT2D eigenvalue weighted by Crippen LogP contribution is 2.35. The quantitative estimate of drug-likeness (QED) is 0.0895. The van der Waals surface area contributed by atoms with Crippen LogP contribution in [0.4, 0.5) is 0 Å². The van der Waals surface area contributed by atoms with Crippen molar-refractivity contribution >= 4 is 23.6 Å². The number of nitrogens with zero attached hydrogens (tertiary/aromatic N) is 1. The number of aromatic nitrogens is 1.